The molecule has 2 aliphatic heterocycles. The quantitative estimate of drug-likeness (QED) is 0.322. The maximum atomic E-state index is 13.9. The number of amides is 1. The molecule has 2 aromatic heterocycles. The molecule has 4 aromatic rings. The minimum atomic E-state index is -3.82. The van der Waals surface area contributed by atoms with Crippen LogP contribution in [0.2, 0.25) is 0 Å². The summed E-state index contributed by atoms with van der Waals surface area (Å²) < 4.78 is 38.3. The van der Waals surface area contributed by atoms with Crippen molar-refractivity contribution in [3.63, 3.8) is 0 Å². The Balaban J connectivity index is 1.21. The highest BCUT2D eigenvalue weighted by Gasteiger charge is 2.44. The van der Waals surface area contributed by atoms with Gasteiger partial charge in [0.2, 0.25) is 15.9 Å². The molecule has 2 fully saturated rings. The van der Waals surface area contributed by atoms with Crippen molar-refractivity contribution in [2.24, 2.45) is 18.7 Å². The maximum absolute atomic E-state index is 13.9. The number of hydrogen-bond donors (Lipinski definition) is 1. The fourth-order valence-electron chi connectivity index (χ4n) is 6.52. The topological polar surface area (TPSA) is 116 Å². The first-order valence-electron chi connectivity index (χ1n) is 14.3. The third kappa shape index (κ3) is 5.05. The summed E-state index contributed by atoms with van der Waals surface area (Å²) in [5, 5.41) is 0.672. The van der Waals surface area contributed by atoms with Crippen LogP contribution in [0.1, 0.15) is 31.0 Å². The first kappa shape index (κ1) is 27.9. The molecule has 4 heterocycles. The van der Waals surface area contributed by atoms with Crippen LogP contribution < -0.4 is 5.73 Å². The van der Waals surface area contributed by atoms with Gasteiger partial charge in [-0.25, -0.2) is 13.4 Å². The Kier molecular flexibility index (Phi) is 7.62. The predicted octanol–water partition coefficient (Wildman–Crippen LogP) is 2.92. The molecular formula is C30H38N6O4S. The number of fused-ring (bicyclic) bond motifs is 2. The number of carbonyl (C=O) groups is 1. The number of piperidine rings is 1. The standard InChI is InChI=1S/C30H38N6O4S/c1-33-16-13-22-26(33)11-5-12-28(22)41(38,39)35-19-23(24(31)20-35)30(37)34-14-6-8-21(18-34)29-32-25-9-3-4-10-27(25)36(29)15-7-17-40-2/h3-5,9-13,16,21,23-24H,6-8,14-15,17-20,31H2,1-2H3/t21-,23-,24-/m1/s1. The SMILES string of the molecule is COCCCn1c([C@@H]2CCCN(C(=O)[C@@H]3CN(S(=O)(=O)c4cccc5c4ccn5C)C[C@H]3N)C2)nc2ccccc21. The molecule has 2 aromatic carbocycles. The molecule has 218 valence electrons. The molecule has 2 saturated heterocycles. The van der Waals surface area contributed by atoms with Crippen molar-refractivity contribution in [3.05, 3.63) is 60.6 Å². The number of nitrogens with two attached hydrogens (primary N) is 1. The highest BCUT2D eigenvalue weighted by molar-refractivity contribution is 7.89. The molecule has 0 unspecified atom stereocenters. The average Bonchev–Trinajstić information content (AvgIpc) is 3.68. The van der Waals surface area contributed by atoms with Gasteiger partial charge in [-0.05, 0) is 49.6 Å². The summed E-state index contributed by atoms with van der Waals surface area (Å²) in [7, 11) is -0.225. The zero-order chi connectivity index (χ0) is 28.7. The minimum Gasteiger partial charge on any atom is -0.385 e. The van der Waals surface area contributed by atoms with Gasteiger partial charge >= 0.3 is 0 Å². The van der Waals surface area contributed by atoms with Crippen molar-refractivity contribution in [2.75, 3.05) is 39.9 Å². The average molecular weight is 579 g/mol. The van der Waals surface area contributed by atoms with Crippen molar-refractivity contribution < 1.29 is 17.9 Å². The Hall–Kier alpha value is -3.25. The fourth-order valence-corrected chi connectivity index (χ4v) is 8.22. The van der Waals surface area contributed by atoms with E-state index in [1.165, 1.54) is 4.31 Å². The molecule has 0 saturated carbocycles. The van der Waals surface area contributed by atoms with Gasteiger partial charge in [0.15, 0.2) is 0 Å². The van der Waals surface area contributed by atoms with E-state index in [4.69, 9.17) is 15.5 Å². The summed E-state index contributed by atoms with van der Waals surface area (Å²) in [5.74, 6) is 0.436. The van der Waals surface area contributed by atoms with E-state index in [0.29, 0.717) is 25.1 Å². The summed E-state index contributed by atoms with van der Waals surface area (Å²) in [6, 6.07) is 14.7. The highest BCUT2D eigenvalue weighted by Crippen LogP contribution is 2.33. The van der Waals surface area contributed by atoms with Crippen LogP contribution in [0.25, 0.3) is 21.9 Å². The number of likely N-dealkylation sites (tertiary alicyclic amines) is 1. The van der Waals surface area contributed by atoms with Gasteiger partial charge < -0.3 is 24.5 Å². The van der Waals surface area contributed by atoms with Crippen LogP contribution in [0.3, 0.4) is 0 Å². The van der Waals surface area contributed by atoms with E-state index in [-0.39, 0.29) is 29.8 Å². The van der Waals surface area contributed by atoms with Crippen LogP contribution in [0, 0.1) is 5.92 Å². The number of sulfonamides is 1. The number of rotatable bonds is 8. The van der Waals surface area contributed by atoms with Crippen molar-refractivity contribution in [2.45, 2.75) is 42.7 Å². The molecule has 3 atom stereocenters. The van der Waals surface area contributed by atoms with Gasteiger partial charge in [-0.1, -0.05) is 18.2 Å². The van der Waals surface area contributed by atoms with Gasteiger partial charge in [-0.15, -0.1) is 0 Å². The lowest BCUT2D eigenvalue weighted by Crippen LogP contribution is -2.47. The van der Waals surface area contributed by atoms with Crippen LogP contribution >= 0.6 is 0 Å². The number of ether oxygens (including phenoxy) is 1. The molecule has 10 nitrogen and oxygen atoms in total. The van der Waals surface area contributed by atoms with E-state index in [1.54, 1.807) is 19.2 Å². The molecule has 6 rings (SSSR count). The Morgan fingerprint density at radius 2 is 1.88 bits per heavy atom. The molecule has 41 heavy (non-hydrogen) atoms. The fraction of sp³-hybridized carbons (Fsp3) is 0.467. The van der Waals surface area contributed by atoms with Gasteiger partial charge in [0.25, 0.3) is 0 Å². The number of benzene rings is 2. The first-order chi connectivity index (χ1) is 19.8. The van der Waals surface area contributed by atoms with E-state index in [0.717, 1.165) is 48.2 Å². The van der Waals surface area contributed by atoms with Gasteiger partial charge in [-0.2, -0.15) is 4.31 Å². The second-order valence-corrected chi connectivity index (χ2v) is 13.2. The molecule has 0 radical (unpaired) electrons. The number of hydrogen-bond acceptors (Lipinski definition) is 6. The van der Waals surface area contributed by atoms with E-state index >= 15 is 0 Å². The molecule has 2 aliphatic rings. The van der Waals surface area contributed by atoms with E-state index in [1.807, 2.05) is 53.0 Å². The summed E-state index contributed by atoms with van der Waals surface area (Å²) in [6.07, 6.45) is 4.52. The Labute approximate surface area is 240 Å². The van der Waals surface area contributed by atoms with Crippen LogP contribution in [0.15, 0.2) is 59.6 Å². The predicted molar refractivity (Wildman–Crippen MR) is 158 cm³/mol. The normalized spacial score (nSPS) is 22.2. The lowest BCUT2D eigenvalue weighted by atomic mass is 9.94. The molecule has 11 heteroatoms. The molecule has 1 amide bonds. The second kappa shape index (κ2) is 11.2. The minimum absolute atomic E-state index is 0.0696. The summed E-state index contributed by atoms with van der Waals surface area (Å²) in [5.41, 5.74) is 9.36. The monoisotopic (exact) mass is 578 g/mol. The largest absolute Gasteiger partial charge is 0.385 e. The molecule has 0 spiro atoms. The summed E-state index contributed by atoms with van der Waals surface area (Å²) >= 11 is 0. The zero-order valence-corrected chi connectivity index (χ0v) is 24.5. The third-order valence-electron chi connectivity index (χ3n) is 8.67. The van der Waals surface area contributed by atoms with E-state index in [9.17, 15) is 13.2 Å². The molecule has 0 aliphatic carbocycles. The van der Waals surface area contributed by atoms with Gasteiger partial charge in [0.05, 0.1) is 21.8 Å². The highest BCUT2D eigenvalue weighted by atomic mass is 32.2. The third-order valence-corrected chi connectivity index (χ3v) is 10.6. The number of nitrogens with zero attached hydrogens (tertiary/aromatic N) is 5. The van der Waals surface area contributed by atoms with Crippen molar-refractivity contribution in [3.8, 4) is 0 Å². The number of imidazole rings is 1. The number of carbonyl (C=O) groups excluding carboxylic acids is 1. The number of methoxy groups -OCH3 is 1. The maximum Gasteiger partial charge on any atom is 0.243 e. The Bertz CT molecular complexity index is 1680. The number of para-hydroxylation sites is 2. The Morgan fingerprint density at radius 3 is 2.71 bits per heavy atom. The van der Waals surface area contributed by atoms with E-state index in [2.05, 4.69) is 10.6 Å². The van der Waals surface area contributed by atoms with Crippen molar-refractivity contribution >= 4 is 37.9 Å². The Morgan fingerprint density at radius 1 is 1.07 bits per heavy atom. The first-order valence-corrected chi connectivity index (χ1v) is 15.8. The lowest BCUT2D eigenvalue weighted by molar-refractivity contribution is -0.136. The molecule has 0 bridgehead atoms. The summed E-state index contributed by atoms with van der Waals surface area (Å²) in [4.78, 5) is 21.0. The van der Waals surface area contributed by atoms with Crippen LogP contribution in [-0.4, -0.2) is 83.6 Å². The number of aromatic nitrogens is 3. The molecular weight excluding hydrogens is 540 g/mol. The summed E-state index contributed by atoms with van der Waals surface area (Å²) in [6.45, 7) is 2.85. The number of aryl methyl sites for hydroxylation is 2. The lowest BCUT2D eigenvalue weighted by Gasteiger charge is -2.35. The van der Waals surface area contributed by atoms with Gasteiger partial charge in [0, 0.05) is 82.5 Å². The van der Waals surface area contributed by atoms with Crippen molar-refractivity contribution in [1.82, 2.24) is 23.3 Å². The second-order valence-electron chi connectivity index (χ2n) is 11.3. The van der Waals surface area contributed by atoms with E-state index < -0.39 is 22.0 Å². The van der Waals surface area contributed by atoms with Crippen molar-refractivity contribution in [1.29, 1.82) is 0 Å². The van der Waals surface area contributed by atoms with Crippen LogP contribution in [-0.2, 0) is 33.1 Å². The molecule has 2 N–H and O–H groups in total. The van der Waals surface area contributed by atoms with Gasteiger partial charge in [-0.3, -0.25) is 4.79 Å². The van der Waals surface area contributed by atoms with Crippen LogP contribution in [0.4, 0.5) is 0 Å². The van der Waals surface area contributed by atoms with Gasteiger partial charge in [0.1, 0.15) is 5.82 Å². The van der Waals surface area contributed by atoms with Crippen LogP contribution in [0.5, 0.6) is 0 Å². The zero-order valence-electron chi connectivity index (χ0n) is 23.6. The smallest absolute Gasteiger partial charge is 0.243 e.